The maximum atomic E-state index is 4.52. The second-order valence-corrected chi connectivity index (χ2v) is 6.08. The van der Waals surface area contributed by atoms with Crippen LogP contribution < -0.4 is 4.90 Å². The van der Waals surface area contributed by atoms with Crippen molar-refractivity contribution in [2.24, 2.45) is 0 Å². The van der Waals surface area contributed by atoms with E-state index in [4.69, 9.17) is 0 Å². The molecule has 1 fully saturated rings. The highest BCUT2D eigenvalue weighted by molar-refractivity contribution is 5.65. The highest BCUT2D eigenvalue weighted by Crippen LogP contribution is 2.24. The standard InChI is InChI=1S/C15H21N9/c1-3-13-19-20-15-14(16-6-7-23(13)15)22-10-12(11-22)21(2)8-9-24-17-4-5-18-24/h4-7,12H,3,8-11H2,1-2H3. The topological polar surface area (TPSA) is 80.3 Å². The first-order valence-electron chi connectivity index (χ1n) is 8.24. The summed E-state index contributed by atoms with van der Waals surface area (Å²) >= 11 is 0. The fourth-order valence-corrected chi connectivity index (χ4v) is 3.02. The zero-order valence-corrected chi connectivity index (χ0v) is 13.9. The molecule has 0 saturated carbocycles. The highest BCUT2D eigenvalue weighted by Gasteiger charge is 2.32. The van der Waals surface area contributed by atoms with Gasteiger partial charge in [-0.3, -0.25) is 9.30 Å². The van der Waals surface area contributed by atoms with Crippen molar-refractivity contribution in [3.05, 3.63) is 30.6 Å². The molecule has 4 heterocycles. The summed E-state index contributed by atoms with van der Waals surface area (Å²) in [4.78, 5) is 10.8. The highest BCUT2D eigenvalue weighted by atomic mass is 15.5. The lowest BCUT2D eigenvalue weighted by atomic mass is 10.1. The van der Waals surface area contributed by atoms with Gasteiger partial charge in [0, 0.05) is 44.5 Å². The van der Waals surface area contributed by atoms with Gasteiger partial charge in [-0.15, -0.1) is 10.2 Å². The number of fused-ring (bicyclic) bond motifs is 1. The van der Waals surface area contributed by atoms with Gasteiger partial charge in [0.05, 0.1) is 18.9 Å². The molecule has 0 bridgehead atoms. The maximum Gasteiger partial charge on any atom is 0.203 e. The number of hydrogen-bond acceptors (Lipinski definition) is 7. The van der Waals surface area contributed by atoms with Crippen LogP contribution in [0.5, 0.6) is 0 Å². The third-order valence-electron chi connectivity index (χ3n) is 4.60. The molecule has 0 amide bonds. The van der Waals surface area contributed by atoms with Crippen molar-refractivity contribution >= 4 is 11.5 Å². The van der Waals surface area contributed by atoms with E-state index < -0.39 is 0 Å². The Morgan fingerprint density at radius 1 is 1.17 bits per heavy atom. The summed E-state index contributed by atoms with van der Waals surface area (Å²) in [5.74, 6) is 1.89. The Morgan fingerprint density at radius 2 is 1.96 bits per heavy atom. The van der Waals surface area contributed by atoms with E-state index in [0.717, 1.165) is 49.9 Å². The van der Waals surface area contributed by atoms with Gasteiger partial charge in [0.15, 0.2) is 5.82 Å². The van der Waals surface area contributed by atoms with E-state index in [9.17, 15) is 0 Å². The van der Waals surface area contributed by atoms with Gasteiger partial charge in [-0.05, 0) is 7.05 Å². The van der Waals surface area contributed by atoms with Gasteiger partial charge in [0.1, 0.15) is 5.82 Å². The third-order valence-corrected chi connectivity index (χ3v) is 4.60. The summed E-state index contributed by atoms with van der Waals surface area (Å²) in [7, 11) is 2.14. The van der Waals surface area contributed by atoms with Crippen molar-refractivity contribution in [3.63, 3.8) is 0 Å². The van der Waals surface area contributed by atoms with E-state index in [2.05, 4.69) is 49.1 Å². The second-order valence-electron chi connectivity index (χ2n) is 6.08. The van der Waals surface area contributed by atoms with Crippen LogP contribution in [0, 0.1) is 0 Å². The second kappa shape index (κ2) is 6.16. The van der Waals surface area contributed by atoms with E-state index in [-0.39, 0.29) is 0 Å². The Kier molecular flexibility index (Phi) is 3.85. The number of nitrogens with zero attached hydrogens (tertiary/aromatic N) is 9. The molecule has 9 heteroatoms. The average Bonchev–Trinajstić information content (AvgIpc) is 3.21. The smallest absolute Gasteiger partial charge is 0.203 e. The van der Waals surface area contributed by atoms with Crippen molar-refractivity contribution in [3.8, 4) is 0 Å². The Balaban J connectivity index is 1.39. The zero-order chi connectivity index (χ0) is 16.5. The van der Waals surface area contributed by atoms with Crippen molar-refractivity contribution in [1.29, 1.82) is 0 Å². The van der Waals surface area contributed by atoms with Gasteiger partial charge < -0.3 is 4.90 Å². The first kappa shape index (κ1) is 15.0. The minimum Gasteiger partial charge on any atom is -0.350 e. The van der Waals surface area contributed by atoms with Crippen molar-refractivity contribution in [2.75, 3.05) is 31.6 Å². The van der Waals surface area contributed by atoms with Gasteiger partial charge >= 0.3 is 0 Å². The molecule has 4 rings (SSSR count). The van der Waals surface area contributed by atoms with Gasteiger partial charge in [-0.1, -0.05) is 6.92 Å². The Labute approximate surface area is 139 Å². The lowest BCUT2D eigenvalue weighted by Crippen LogP contribution is -2.59. The Morgan fingerprint density at radius 3 is 2.71 bits per heavy atom. The number of anilines is 1. The summed E-state index contributed by atoms with van der Waals surface area (Å²) in [5, 5.41) is 16.8. The molecule has 24 heavy (non-hydrogen) atoms. The lowest BCUT2D eigenvalue weighted by molar-refractivity contribution is 0.192. The van der Waals surface area contributed by atoms with Crippen molar-refractivity contribution < 1.29 is 0 Å². The fraction of sp³-hybridized carbons (Fsp3) is 0.533. The maximum absolute atomic E-state index is 4.52. The van der Waals surface area contributed by atoms with Crippen LogP contribution in [-0.2, 0) is 13.0 Å². The van der Waals surface area contributed by atoms with Crippen LogP contribution in [0.3, 0.4) is 0 Å². The molecule has 1 aliphatic rings. The summed E-state index contributed by atoms with van der Waals surface area (Å²) in [6.45, 7) is 5.71. The molecule has 1 saturated heterocycles. The van der Waals surface area contributed by atoms with Crippen LogP contribution in [0.2, 0.25) is 0 Å². The normalized spacial score (nSPS) is 15.4. The largest absolute Gasteiger partial charge is 0.350 e. The van der Waals surface area contributed by atoms with E-state index >= 15 is 0 Å². The number of aryl methyl sites for hydroxylation is 1. The summed E-state index contributed by atoms with van der Waals surface area (Å²) < 4.78 is 2.03. The molecular formula is C15H21N9. The van der Waals surface area contributed by atoms with E-state index in [0.29, 0.717) is 6.04 Å². The Bertz CT molecular complexity index is 804. The number of rotatable bonds is 6. The minimum absolute atomic E-state index is 0.510. The van der Waals surface area contributed by atoms with Crippen LogP contribution >= 0.6 is 0 Å². The van der Waals surface area contributed by atoms with Crippen molar-refractivity contribution in [1.82, 2.24) is 39.5 Å². The summed E-state index contributed by atoms with van der Waals surface area (Å²) in [6, 6.07) is 0.510. The van der Waals surface area contributed by atoms with Gasteiger partial charge in [-0.25, -0.2) is 4.98 Å². The van der Waals surface area contributed by atoms with Crippen LogP contribution in [0.25, 0.3) is 5.65 Å². The Hall–Kier alpha value is -2.55. The summed E-state index contributed by atoms with van der Waals surface area (Å²) in [6.07, 6.45) is 8.03. The molecule has 3 aromatic rings. The molecule has 3 aromatic heterocycles. The fourth-order valence-electron chi connectivity index (χ4n) is 3.02. The molecule has 0 atom stereocenters. The molecule has 0 aromatic carbocycles. The minimum atomic E-state index is 0.510. The molecule has 0 N–H and O–H groups in total. The van der Waals surface area contributed by atoms with E-state index in [1.807, 2.05) is 16.8 Å². The first-order valence-corrected chi connectivity index (χ1v) is 8.24. The number of hydrogen-bond donors (Lipinski definition) is 0. The SMILES string of the molecule is CCc1nnc2c(N3CC(N(C)CCn4nccn4)C3)nccn12. The molecule has 0 aliphatic carbocycles. The molecule has 126 valence electrons. The third kappa shape index (κ3) is 2.60. The zero-order valence-electron chi connectivity index (χ0n) is 13.9. The van der Waals surface area contributed by atoms with Crippen LogP contribution in [0.1, 0.15) is 12.7 Å². The molecule has 9 nitrogen and oxygen atoms in total. The molecule has 1 aliphatic heterocycles. The predicted octanol–water partition coefficient (Wildman–Crippen LogP) is 0.0988. The van der Waals surface area contributed by atoms with Crippen LogP contribution in [-0.4, -0.2) is 72.2 Å². The molecule has 0 unspecified atom stereocenters. The summed E-state index contributed by atoms with van der Waals surface area (Å²) in [5.41, 5.74) is 0.844. The quantitative estimate of drug-likeness (QED) is 0.635. The predicted molar refractivity (Wildman–Crippen MR) is 88.8 cm³/mol. The monoisotopic (exact) mass is 327 g/mol. The number of aromatic nitrogens is 7. The van der Waals surface area contributed by atoms with Crippen molar-refractivity contribution in [2.45, 2.75) is 25.9 Å². The van der Waals surface area contributed by atoms with E-state index in [1.165, 1.54) is 0 Å². The van der Waals surface area contributed by atoms with Gasteiger partial charge in [0.25, 0.3) is 0 Å². The average molecular weight is 327 g/mol. The first-order chi connectivity index (χ1) is 11.8. The lowest BCUT2D eigenvalue weighted by Gasteiger charge is -2.44. The van der Waals surface area contributed by atoms with Crippen LogP contribution in [0.15, 0.2) is 24.8 Å². The van der Waals surface area contributed by atoms with Gasteiger partial charge in [-0.2, -0.15) is 15.0 Å². The molecule has 0 spiro atoms. The molecule has 0 radical (unpaired) electrons. The van der Waals surface area contributed by atoms with E-state index in [1.54, 1.807) is 17.2 Å². The number of likely N-dealkylation sites (N-methyl/N-ethyl adjacent to an activating group) is 1. The van der Waals surface area contributed by atoms with Gasteiger partial charge in [0.2, 0.25) is 5.65 Å². The van der Waals surface area contributed by atoms with Crippen LogP contribution in [0.4, 0.5) is 5.82 Å². The molecular weight excluding hydrogens is 306 g/mol.